The summed E-state index contributed by atoms with van der Waals surface area (Å²) in [6.07, 6.45) is 1.54. The van der Waals surface area contributed by atoms with E-state index in [1.807, 2.05) is 6.92 Å². The molecular weight excluding hydrogens is 360 g/mol. The van der Waals surface area contributed by atoms with Crippen LogP contribution in [0.2, 0.25) is 0 Å². The number of thiophene rings is 1. The zero-order valence-corrected chi connectivity index (χ0v) is 16.5. The van der Waals surface area contributed by atoms with Crippen LogP contribution in [0.4, 0.5) is 11.5 Å². The third-order valence-corrected chi connectivity index (χ3v) is 6.58. The van der Waals surface area contributed by atoms with Gasteiger partial charge in [-0.05, 0) is 43.5 Å². The van der Waals surface area contributed by atoms with Crippen molar-refractivity contribution < 1.29 is 9.90 Å². The van der Waals surface area contributed by atoms with Crippen LogP contribution in [0, 0.1) is 20.8 Å². The predicted molar refractivity (Wildman–Crippen MR) is 109 cm³/mol. The molecule has 0 amide bonds. The summed E-state index contributed by atoms with van der Waals surface area (Å²) in [5.74, 6) is -0.0527. The molecule has 0 saturated carbocycles. The van der Waals surface area contributed by atoms with Gasteiger partial charge < -0.3 is 14.9 Å². The van der Waals surface area contributed by atoms with E-state index in [1.165, 1.54) is 34.5 Å². The lowest BCUT2D eigenvalue weighted by Gasteiger charge is -2.37. The van der Waals surface area contributed by atoms with Crippen molar-refractivity contribution in [3.05, 3.63) is 46.1 Å². The minimum absolute atomic E-state index is 0.348. The summed E-state index contributed by atoms with van der Waals surface area (Å²) in [6, 6.07) is 6.44. The van der Waals surface area contributed by atoms with Crippen LogP contribution in [-0.4, -0.2) is 47.2 Å². The standard InChI is InChI=1S/C20H22N4O2S/c1-12-5-4-6-15(13(12)2)23-7-9-24(10-8-23)18-16-14(3)17(20(25)26)27-19(16)22-11-21-18/h4-6,11H,7-10H2,1-3H3,(H,25,26). The number of benzene rings is 1. The zero-order chi connectivity index (χ0) is 19.1. The summed E-state index contributed by atoms with van der Waals surface area (Å²) in [7, 11) is 0. The number of aromatic nitrogens is 2. The van der Waals surface area contributed by atoms with Crippen molar-refractivity contribution in [3.63, 3.8) is 0 Å². The fourth-order valence-electron chi connectivity index (χ4n) is 3.73. The van der Waals surface area contributed by atoms with Crippen LogP contribution >= 0.6 is 11.3 Å². The van der Waals surface area contributed by atoms with Crippen molar-refractivity contribution in [1.82, 2.24) is 9.97 Å². The van der Waals surface area contributed by atoms with Gasteiger partial charge in [-0.3, -0.25) is 0 Å². The molecule has 1 saturated heterocycles. The third kappa shape index (κ3) is 3.02. The molecule has 0 spiro atoms. The van der Waals surface area contributed by atoms with E-state index in [0.717, 1.165) is 47.8 Å². The smallest absolute Gasteiger partial charge is 0.346 e. The van der Waals surface area contributed by atoms with Crippen LogP contribution in [0.1, 0.15) is 26.4 Å². The molecule has 0 unspecified atom stereocenters. The van der Waals surface area contributed by atoms with Crippen molar-refractivity contribution in [1.29, 1.82) is 0 Å². The molecule has 4 rings (SSSR count). The molecule has 140 valence electrons. The topological polar surface area (TPSA) is 69.6 Å². The first kappa shape index (κ1) is 17.7. The lowest BCUT2D eigenvalue weighted by atomic mass is 10.1. The first-order valence-electron chi connectivity index (χ1n) is 9.01. The lowest BCUT2D eigenvalue weighted by Crippen LogP contribution is -2.47. The number of hydrogen-bond donors (Lipinski definition) is 1. The third-order valence-electron chi connectivity index (χ3n) is 5.40. The van der Waals surface area contributed by atoms with Gasteiger partial charge in [-0.2, -0.15) is 0 Å². The molecule has 1 fully saturated rings. The highest BCUT2D eigenvalue weighted by Crippen LogP contribution is 2.35. The molecule has 27 heavy (non-hydrogen) atoms. The van der Waals surface area contributed by atoms with E-state index in [-0.39, 0.29) is 0 Å². The van der Waals surface area contributed by atoms with Crippen LogP contribution in [0.3, 0.4) is 0 Å². The summed E-state index contributed by atoms with van der Waals surface area (Å²) < 4.78 is 0. The minimum Gasteiger partial charge on any atom is -0.477 e. The highest BCUT2D eigenvalue weighted by Gasteiger charge is 2.24. The minimum atomic E-state index is -0.902. The maximum absolute atomic E-state index is 11.5. The summed E-state index contributed by atoms with van der Waals surface area (Å²) in [4.78, 5) is 26.0. The number of piperazine rings is 1. The summed E-state index contributed by atoms with van der Waals surface area (Å²) in [5.41, 5.74) is 4.69. The van der Waals surface area contributed by atoms with Crippen molar-refractivity contribution >= 4 is 39.0 Å². The second-order valence-corrected chi connectivity index (χ2v) is 7.93. The maximum atomic E-state index is 11.5. The molecule has 0 radical (unpaired) electrons. The highest BCUT2D eigenvalue weighted by molar-refractivity contribution is 7.20. The molecule has 1 aromatic carbocycles. The summed E-state index contributed by atoms with van der Waals surface area (Å²) in [6.45, 7) is 9.67. The van der Waals surface area contributed by atoms with Gasteiger partial charge in [-0.25, -0.2) is 14.8 Å². The molecule has 6 nitrogen and oxygen atoms in total. The fourth-order valence-corrected chi connectivity index (χ4v) is 4.72. The molecule has 0 aliphatic carbocycles. The number of carbonyl (C=O) groups is 1. The Morgan fingerprint density at radius 2 is 1.74 bits per heavy atom. The monoisotopic (exact) mass is 382 g/mol. The number of carboxylic acid groups (broad SMARTS) is 1. The molecule has 1 aliphatic rings. The van der Waals surface area contributed by atoms with Gasteiger partial charge in [0.1, 0.15) is 21.9 Å². The van der Waals surface area contributed by atoms with E-state index < -0.39 is 5.97 Å². The van der Waals surface area contributed by atoms with Gasteiger partial charge in [0.2, 0.25) is 0 Å². The Labute approximate surface area is 162 Å². The Hall–Kier alpha value is -2.67. The van der Waals surface area contributed by atoms with E-state index in [9.17, 15) is 9.90 Å². The Morgan fingerprint density at radius 3 is 2.44 bits per heavy atom. The Morgan fingerprint density at radius 1 is 1.04 bits per heavy atom. The molecule has 7 heteroatoms. The Kier molecular flexibility index (Phi) is 4.47. The molecule has 3 heterocycles. The first-order chi connectivity index (χ1) is 13.0. The summed E-state index contributed by atoms with van der Waals surface area (Å²) in [5, 5.41) is 10.3. The van der Waals surface area contributed by atoms with Gasteiger partial charge >= 0.3 is 5.97 Å². The Balaban J connectivity index is 1.62. The van der Waals surface area contributed by atoms with E-state index >= 15 is 0 Å². The van der Waals surface area contributed by atoms with Gasteiger partial charge in [-0.15, -0.1) is 11.3 Å². The Bertz CT molecular complexity index is 1020. The van der Waals surface area contributed by atoms with Gasteiger partial charge in [-0.1, -0.05) is 12.1 Å². The van der Waals surface area contributed by atoms with Crippen molar-refractivity contribution in [3.8, 4) is 0 Å². The average molecular weight is 382 g/mol. The van der Waals surface area contributed by atoms with Crippen molar-refractivity contribution in [2.24, 2.45) is 0 Å². The van der Waals surface area contributed by atoms with Gasteiger partial charge in [0, 0.05) is 31.9 Å². The molecule has 3 aromatic rings. The van der Waals surface area contributed by atoms with Crippen LogP contribution in [0.5, 0.6) is 0 Å². The second-order valence-electron chi connectivity index (χ2n) is 6.93. The molecule has 2 aromatic heterocycles. The number of aryl methyl sites for hydroxylation is 2. The largest absolute Gasteiger partial charge is 0.477 e. The van der Waals surface area contributed by atoms with Crippen molar-refractivity contribution in [2.45, 2.75) is 20.8 Å². The molecule has 0 atom stereocenters. The van der Waals surface area contributed by atoms with E-state index in [4.69, 9.17) is 0 Å². The second kappa shape index (κ2) is 6.81. The summed E-state index contributed by atoms with van der Waals surface area (Å²) >= 11 is 1.22. The molecular formula is C20H22N4O2S. The van der Waals surface area contributed by atoms with E-state index in [0.29, 0.717) is 4.88 Å². The number of nitrogens with zero attached hydrogens (tertiary/aromatic N) is 4. The van der Waals surface area contributed by atoms with Crippen LogP contribution in [0.15, 0.2) is 24.5 Å². The van der Waals surface area contributed by atoms with Crippen LogP contribution in [-0.2, 0) is 0 Å². The number of anilines is 2. The molecule has 0 bridgehead atoms. The quantitative estimate of drug-likeness (QED) is 0.746. The number of aromatic carboxylic acids is 1. The average Bonchev–Trinajstić information content (AvgIpc) is 3.01. The number of hydrogen-bond acceptors (Lipinski definition) is 6. The first-order valence-corrected chi connectivity index (χ1v) is 9.82. The van der Waals surface area contributed by atoms with Gasteiger partial charge in [0.15, 0.2) is 0 Å². The molecule has 1 N–H and O–H groups in total. The normalized spacial score (nSPS) is 14.8. The fraction of sp³-hybridized carbons (Fsp3) is 0.350. The van der Waals surface area contributed by atoms with E-state index in [1.54, 1.807) is 0 Å². The van der Waals surface area contributed by atoms with Crippen LogP contribution < -0.4 is 9.80 Å². The number of carboxylic acids is 1. The van der Waals surface area contributed by atoms with Crippen molar-refractivity contribution in [2.75, 3.05) is 36.0 Å². The number of rotatable bonds is 3. The maximum Gasteiger partial charge on any atom is 0.346 e. The van der Waals surface area contributed by atoms with Gasteiger partial charge in [0.25, 0.3) is 0 Å². The molecule has 1 aliphatic heterocycles. The highest BCUT2D eigenvalue weighted by atomic mass is 32.1. The van der Waals surface area contributed by atoms with Crippen LogP contribution in [0.25, 0.3) is 10.2 Å². The SMILES string of the molecule is Cc1cccc(N2CCN(c3ncnc4sc(C(=O)O)c(C)c34)CC2)c1C. The predicted octanol–water partition coefficient (Wildman–Crippen LogP) is 3.64. The van der Waals surface area contributed by atoms with E-state index in [2.05, 4.69) is 51.8 Å². The lowest BCUT2D eigenvalue weighted by molar-refractivity contribution is 0.0701. The number of fused-ring (bicyclic) bond motifs is 1. The van der Waals surface area contributed by atoms with Gasteiger partial charge in [0.05, 0.1) is 5.39 Å². The zero-order valence-electron chi connectivity index (χ0n) is 15.7.